The van der Waals surface area contributed by atoms with Gasteiger partial charge in [0.25, 0.3) is 5.91 Å². The van der Waals surface area contributed by atoms with E-state index in [1.807, 2.05) is 20.8 Å². The topological polar surface area (TPSA) is 91.9 Å². The quantitative estimate of drug-likeness (QED) is 0.872. The first kappa shape index (κ1) is 17.8. The second kappa shape index (κ2) is 6.94. The molecule has 0 unspecified atom stereocenters. The molecule has 132 valence electrons. The molecule has 1 aromatic rings. The average molecular weight is 337 g/mol. The van der Waals surface area contributed by atoms with E-state index in [4.69, 9.17) is 9.47 Å². The number of aromatic nitrogens is 1. The molecule has 1 saturated heterocycles. The van der Waals surface area contributed by atoms with Gasteiger partial charge in [-0.3, -0.25) is 9.59 Å². The van der Waals surface area contributed by atoms with Gasteiger partial charge in [0.15, 0.2) is 5.75 Å². The third-order valence-corrected chi connectivity index (χ3v) is 3.55. The molecule has 1 N–H and O–H groups in total. The molecule has 0 bridgehead atoms. The second-order valence-electron chi connectivity index (χ2n) is 6.54. The smallest absolute Gasteiger partial charge is 0.410 e. The Labute approximate surface area is 140 Å². The fourth-order valence-electron chi connectivity index (χ4n) is 2.33. The van der Waals surface area contributed by atoms with Gasteiger partial charge < -0.3 is 24.3 Å². The van der Waals surface area contributed by atoms with E-state index >= 15 is 0 Å². The third-order valence-electron chi connectivity index (χ3n) is 3.55. The minimum atomic E-state index is -0.549. The Morgan fingerprint density at radius 2 is 1.71 bits per heavy atom. The highest BCUT2D eigenvalue weighted by Crippen LogP contribution is 2.13. The molecule has 0 radical (unpaired) electrons. The van der Waals surface area contributed by atoms with Gasteiger partial charge in [0.1, 0.15) is 11.3 Å². The number of carbonyl (C=O) groups is 2. The van der Waals surface area contributed by atoms with Gasteiger partial charge >= 0.3 is 6.09 Å². The van der Waals surface area contributed by atoms with Crippen LogP contribution in [0.15, 0.2) is 17.1 Å². The number of piperazine rings is 1. The number of hydrogen-bond donors (Lipinski definition) is 1. The van der Waals surface area contributed by atoms with Crippen molar-refractivity contribution in [2.45, 2.75) is 26.4 Å². The predicted molar refractivity (Wildman–Crippen MR) is 87.3 cm³/mol. The first-order valence-corrected chi connectivity index (χ1v) is 7.75. The highest BCUT2D eigenvalue weighted by atomic mass is 16.6. The molecule has 2 rings (SSSR count). The standard InChI is InChI=1S/C16H23N3O5/c1-16(2,3)24-15(22)19-7-5-18(6-8-19)14(21)11-9-12(20)13(23-4)10-17-11/h9-10H,5-8H2,1-4H3,(H,17,20). The Balaban J connectivity index is 1.97. The van der Waals surface area contributed by atoms with Crippen LogP contribution in [0.25, 0.3) is 0 Å². The van der Waals surface area contributed by atoms with Crippen molar-refractivity contribution in [2.24, 2.45) is 0 Å². The monoisotopic (exact) mass is 337 g/mol. The minimum absolute atomic E-state index is 0.154. The summed E-state index contributed by atoms with van der Waals surface area (Å²) in [6.45, 7) is 6.97. The van der Waals surface area contributed by atoms with Gasteiger partial charge in [-0.25, -0.2) is 4.79 Å². The summed E-state index contributed by atoms with van der Waals surface area (Å²) in [6, 6.07) is 1.22. The van der Waals surface area contributed by atoms with Crippen molar-refractivity contribution in [1.82, 2.24) is 14.8 Å². The molecule has 0 atom stereocenters. The van der Waals surface area contributed by atoms with Crippen LogP contribution >= 0.6 is 0 Å². The summed E-state index contributed by atoms with van der Waals surface area (Å²) < 4.78 is 10.2. The van der Waals surface area contributed by atoms with E-state index in [9.17, 15) is 14.4 Å². The van der Waals surface area contributed by atoms with Crippen LogP contribution in [0.3, 0.4) is 0 Å². The summed E-state index contributed by atoms with van der Waals surface area (Å²) in [6.07, 6.45) is 0.986. The lowest BCUT2D eigenvalue weighted by Crippen LogP contribution is -2.51. The number of methoxy groups -OCH3 is 1. The Hall–Kier alpha value is -2.51. The van der Waals surface area contributed by atoms with Crippen LogP contribution < -0.4 is 10.2 Å². The number of aromatic amines is 1. The largest absolute Gasteiger partial charge is 0.491 e. The lowest BCUT2D eigenvalue weighted by Gasteiger charge is -2.35. The molecule has 1 fully saturated rings. The summed E-state index contributed by atoms with van der Waals surface area (Å²) in [4.78, 5) is 42.1. The summed E-state index contributed by atoms with van der Waals surface area (Å²) in [5.41, 5.74) is -0.703. The molecule has 0 aliphatic carbocycles. The molecule has 2 amide bonds. The molecule has 0 aromatic carbocycles. The molecule has 8 nitrogen and oxygen atoms in total. The van der Waals surface area contributed by atoms with E-state index in [1.165, 1.54) is 19.4 Å². The zero-order chi connectivity index (χ0) is 17.9. The fourth-order valence-corrected chi connectivity index (χ4v) is 2.33. The summed E-state index contributed by atoms with van der Waals surface area (Å²) in [7, 11) is 1.39. The molecule has 0 spiro atoms. The molecular formula is C16H23N3O5. The van der Waals surface area contributed by atoms with Crippen molar-refractivity contribution in [1.29, 1.82) is 0 Å². The number of pyridine rings is 1. The summed E-state index contributed by atoms with van der Waals surface area (Å²) in [5, 5.41) is 0. The van der Waals surface area contributed by atoms with E-state index in [1.54, 1.807) is 9.80 Å². The van der Waals surface area contributed by atoms with Crippen LogP contribution in [0.1, 0.15) is 31.3 Å². The normalized spacial score (nSPS) is 15.2. The van der Waals surface area contributed by atoms with Crippen molar-refractivity contribution in [3.05, 3.63) is 28.2 Å². The number of hydrogen-bond acceptors (Lipinski definition) is 5. The van der Waals surface area contributed by atoms with Crippen LogP contribution in [-0.2, 0) is 4.74 Å². The molecule has 1 aliphatic rings. The average Bonchev–Trinajstić information content (AvgIpc) is 2.52. The van der Waals surface area contributed by atoms with Gasteiger partial charge in [-0.1, -0.05) is 0 Å². The van der Waals surface area contributed by atoms with E-state index in [-0.39, 0.29) is 28.9 Å². The molecular weight excluding hydrogens is 314 g/mol. The first-order chi connectivity index (χ1) is 11.2. The minimum Gasteiger partial charge on any atom is -0.491 e. The van der Waals surface area contributed by atoms with Crippen molar-refractivity contribution in [3.8, 4) is 5.75 Å². The van der Waals surface area contributed by atoms with Crippen LogP contribution in [-0.4, -0.2) is 65.7 Å². The van der Waals surface area contributed by atoms with E-state index < -0.39 is 5.60 Å². The molecule has 1 aromatic heterocycles. The lowest BCUT2D eigenvalue weighted by molar-refractivity contribution is 0.0140. The van der Waals surface area contributed by atoms with Gasteiger partial charge in [0.2, 0.25) is 5.43 Å². The van der Waals surface area contributed by atoms with Gasteiger partial charge in [0.05, 0.1) is 7.11 Å². The van der Waals surface area contributed by atoms with E-state index in [2.05, 4.69) is 4.98 Å². The predicted octanol–water partition coefficient (Wildman–Crippen LogP) is 1.08. The molecule has 2 heterocycles. The van der Waals surface area contributed by atoms with Crippen LogP contribution in [0, 0.1) is 0 Å². The first-order valence-electron chi connectivity index (χ1n) is 7.75. The number of nitrogens with zero attached hydrogens (tertiary/aromatic N) is 2. The zero-order valence-corrected chi connectivity index (χ0v) is 14.4. The van der Waals surface area contributed by atoms with Crippen molar-refractivity contribution in [3.63, 3.8) is 0 Å². The van der Waals surface area contributed by atoms with Crippen molar-refractivity contribution >= 4 is 12.0 Å². The van der Waals surface area contributed by atoms with Gasteiger partial charge in [-0.2, -0.15) is 0 Å². The number of rotatable bonds is 2. The number of carbonyl (C=O) groups excluding carboxylic acids is 2. The highest BCUT2D eigenvalue weighted by molar-refractivity contribution is 5.92. The van der Waals surface area contributed by atoms with Gasteiger partial charge in [-0.05, 0) is 20.8 Å². The van der Waals surface area contributed by atoms with Crippen LogP contribution in [0.4, 0.5) is 4.79 Å². The lowest BCUT2D eigenvalue weighted by atomic mass is 10.2. The number of amides is 2. The fraction of sp³-hybridized carbons (Fsp3) is 0.562. The second-order valence-corrected chi connectivity index (χ2v) is 6.54. The van der Waals surface area contributed by atoms with Crippen molar-refractivity contribution < 1.29 is 19.1 Å². The van der Waals surface area contributed by atoms with Crippen LogP contribution in [0.5, 0.6) is 5.75 Å². The third kappa shape index (κ3) is 4.27. The Kier molecular flexibility index (Phi) is 5.16. The van der Waals surface area contributed by atoms with E-state index in [0.29, 0.717) is 26.2 Å². The number of H-pyrrole nitrogens is 1. The maximum atomic E-state index is 12.4. The molecule has 1 aliphatic heterocycles. The van der Waals surface area contributed by atoms with Gasteiger partial charge in [0, 0.05) is 38.4 Å². The zero-order valence-electron chi connectivity index (χ0n) is 14.4. The SMILES string of the molecule is COc1c[nH]c(C(=O)N2CCN(C(=O)OC(C)(C)C)CC2)cc1=O. The molecule has 0 saturated carbocycles. The molecule has 8 heteroatoms. The maximum absolute atomic E-state index is 12.4. The Bertz CT molecular complexity index is 669. The Morgan fingerprint density at radius 1 is 1.12 bits per heavy atom. The maximum Gasteiger partial charge on any atom is 0.410 e. The molecule has 24 heavy (non-hydrogen) atoms. The van der Waals surface area contributed by atoms with Crippen molar-refractivity contribution in [2.75, 3.05) is 33.3 Å². The van der Waals surface area contributed by atoms with E-state index in [0.717, 1.165) is 0 Å². The number of nitrogens with one attached hydrogen (secondary N) is 1. The Morgan fingerprint density at radius 3 is 2.21 bits per heavy atom. The van der Waals surface area contributed by atoms with Gasteiger partial charge in [-0.15, -0.1) is 0 Å². The number of ether oxygens (including phenoxy) is 2. The van der Waals surface area contributed by atoms with Crippen LogP contribution in [0.2, 0.25) is 0 Å². The highest BCUT2D eigenvalue weighted by Gasteiger charge is 2.28. The summed E-state index contributed by atoms with van der Waals surface area (Å²) >= 11 is 0. The summed E-state index contributed by atoms with van der Waals surface area (Å²) in [5.74, 6) is -0.125.